The molecular formula is C14H10Cl2F2O. The number of halogens is 4. The average Bonchev–Trinajstić information content (AvgIpc) is 2.37. The van der Waals surface area contributed by atoms with Gasteiger partial charge in [-0.3, -0.25) is 0 Å². The van der Waals surface area contributed by atoms with E-state index in [4.69, 9.17) is 27.9 Å². The monoisotopic (exact) mass is 302 g/mol. The summed E-state index contributed by atoms with van der Waals surface area (Å²) < 4.78 is 32.5. The molecule has 0 radical (unpaired) electrons. The van der Waals surface area contributed by atoms with Crippen molar-refractivity contribution in [3.63, 3.8) is 0 Å². The normalized spacial score (nSPS) is 12.3. The van der Waals surface area contributed by atoms with Crippen molar-refractivity contribution in [2.24, 2.45) is 0 Å². The zero-order valence-electron chi connectivity index (χ0n) is 9.96. The Balaban J connectivity index is 2.41. The summed E-state index contributed by atoms with van der Waals surface area (Å²) in [7, 11) is 1.44. The molecule has 0 heterocycles. The molecule has 2 rings (SSSR count). The molecule has 0 saturated carbocycles. The number of rotatable bonds is 3. The molecular weight excluding hydrogens is 293 g/mol. The first-order chi connectivity index (χ1) is 9.02. The predicted molar refractivity (Wildman–Crippen MR) is 72.1 cm³/mol. The molecule has 100 valence electrons. The van der Waals surface area contributed by atoms with Crippen LogP contribution in [0, 0.1) is 11.6 Å². The lowest BCUT2D eigenvalue weighted by Crippen LogP contribution is -2.00. The molecule has 1 nitrogen and oxygen atoms in total. The fourth-order valence-electron chi connectivity index (χ4n) is 1.71. The Hall–Kier alpha value is -1.32. The van der Waals surface area contributed by atoms with Crippen LogP contribution in [0.1, 0.15) is 16.5 Å². The van der Waals surface area contributed by atoms with Gasteiger partial charge in [-0.05, 0) is 18.2 Å². The first-order valence-electron chi connectivity index (χ1n) is 5.45. The minimum absolute atomic E-state index is 0.176. The van der Waals surface area contributed by atoms with Crippen LogP contribution >= 0.6 is 23.2 Å². The van der Waals surface area contributed by atoms with Crippen molar-refractivity contribution in [2.75, 3.05) is 7.11 Å². The Kier molecular flexibility index (Phi) is 4.27. The van der Waals surface area contributed by atoms with Crippen molar-refractivity contribution in [1.82, 2.24) is 0 Å². The number of ether oxygens (including phenoxy) is 1. The van der Waals surface area contributed by atoms with Gasteiger partial charge in [0.05, 0.1) is 12.5 Å². The van der Waals surface area contributed by atoms with Gasteiger partial charge in [-0.15, -0.1) is 11.6 Å². The van der Waals surface area contributed by atoms with E-state index in [1.165, 1.54) is 31.4 Å². The number of methoxy groups -OCH3 is 1. The molecule has 1 atom stereocenters. The minimum atomic E-state index is -0.928. The molecule has 1 unspecified atom stereocenters. The number of hydrogen-bond acceptors (Lipinski definition) is 1. The second-order valence-corrected chi connectivity index (χ2v) is 4.79. The Bertz CT molecular complexity index is 602. The van der Waals surface area contributed by atoms with E-state index in [2.05, 4.69) is 0 Å². The van der Waals surface area contributed by atoms with Crippen molar-refractivity contribution in [2.45, 2.75) is 5.38 Å². The van der Waals surface area contributed by atoms with E-state index in [9.17, 15) is 8.78 Å². The molecule has 0 aliphatic heterocycles. The molecule has 0 amide bonds. The van der Waals surface area contributed by atoms with Crippen LogP contribution in [0.4, 0.5) is 8.78 Å². The summed E-state index contributed by atoms with van der Waals surface area (Å²) in [6.07, 6.45) is 0. The second kappa shape index (κ2) is 5.76. The third kappa shape index (κ3) is 2.99. The largest absolute Gasteiger partial charge is 0.497 e. The third-order valence-corrected chi connectivity index (χ3v) is 3.42. The highest BCUT2D eigenvalue weighted by Crippen LogP contribution is 2.34. The zero-order chi connectivity index (χ0) is 14.0. The second-order valence-electron chi connectivity index (χ2n) is 3.92. The van der Waals surface area contributed by atoms with Gasteiger partial charge in [0, 0.05) is 22.2 Å². The van der Waals surface area contributed by atoms with E-state index in [0.29, 0.717) is 5.75 Å². The highest BCUT2D eigenvalue weighted by molar-refractivity contribution is 6.30. The molecule has 0 bridgehead atoms. The maximum absolute atomic E-state index is 13.9. The van der Waals surface area contributed by atoms with Gasteiger partial charge in [-0.25, -0.2) is 8.78 Å². The molecule has 19 heavy (non-hydrogen) atoms. The molecule has 0 spiro atoms. The first-order valence-corrected chi connectivity index (χ1v) is 6.27. The SMILES string of the molecule is COc1ccc(C(Cl)c2ccc(Cl)cc2F)c(F)c1. The van der Waals surface area contributed by atoms with Crippen LogP contribution < -0.4 is 4.74 Å². The molecule has 5 heteroatoms. The Morgan fingerprint density at radius 2 is 1.58 bits per heavy atom. The van der Waals surface area contributed by atoms with Crippen LogP contribution in [0.25, 0.3) is 0 Å². The molecule has 0 fully saturated rings. The fraction of sp³-hybridized carbons (Fsp3) is 0.143. The summed E-state index contributed by atoms with van der Waals surface area (Å²) in [5, 5.41) is -0.663. The average molecular weight is 303 g/mol. The van der Waals surface area contributed by atoms with Gasteiger partial charge in [-0.2, -0.15) is 0 Å². The quantitative estimate of drug-likeness (QED) is 0.729. The molecule has 2 aromatic rings. The fourth-order valence-corrected chi connectivity index (χ4v) is 2.23. The lowest BCUT2D eigenvalue weighted by Gasteiger charge is -2.13. The highest BCUT2D eigenvalue weighted by Gasteiger charge is 2.19. The van der Waals surface area contributed by atoms with Gasteiger partial charge in [0.2, 0.25) is 0 Å². The van der Waals surface area contributed by atoms with Crippen LogP contribution in [0.5, 0.6) is 5.75 Å². The maximum atomic E-state index is 13.9. The molecule has 0 aliphatic rings. The van der Waals surface area contributed by atoms with Crippen LogP contribution in [-0.2, 0) is 0 Å². The van der Waals surface area contributed by atoms with Crippen LogP contribution in [-0.4, -0.2) is 7.11 Å². The van der Waals surface area contributed by atoms with Gasteiger partial charge in [0.25, 0.3) is 0 Å². The van der Waals surface area contributed by atoms with E-state index in [-0.39, 0.29) is 16.1 Å². The van der Waals surface area contributed by atoms with E-state index < -0.39 is 17.0 Å². The van der Waals surface area contributed by atoms with Crippen molar-refractivity contribution < 1.29 is 13.5 Å². The van der Waals surface area contributed by atoms with Gasteiger partial charge >= 0.3 is 0 Å². The number of hydrogen-bond donors (Lipinski definition) is 0. The Labute approximate surface area is 119 Å². The summed E-state index contributed by atoms with van der Waals surface area (Å²) in [4.78, 5) is 0. The summed E-state index contributed by atoms with van der Waals surface area (Å²) in [6, 6.07) is 8.35. The standard InChI is InChI=1S/C14H10Cl2F2O/c1-19-9-3-5-11(13(18)7-9)14(16)10-4-2-8(15)6-12(10)17/h2-7,14H,1H3. The van der Waals surface area contributed by atoms with Crippen LogP contribution in [0.2, 0.25) is 5.02 Å². The Morgan fingerprint density at radius 3 is 2.11 bits per heavy atom. The van der Waals surface area contributed by atoms with Crippen LogP contribution in [0.3, 0.4) is 0 Å². The first kappa shape index (κ1) is 14.1. The lowest BCUT2D eigenvalue weighted by atomic mass is 10.0. The maximum Gasteiger partial charge on any atom is 0.131 e. The van der Waals surface area contributed by atoms with Crippen LogP contribution in [0.15, 0.2) is 36.4 Å². The summed E-state index contributed by atoms with van der Waals surface area (Å²) in [6.45, 7) is 0. The molecule has 0 aromatic heterocycles. The van der Waals surface area contributed by atoms with Gasteiger partial charge in [0.1, 0.15) is 17.4 Å². The summed E-state index contributed by atoms with van der Waals surface area (Å²) in [5.74, 6) is -0.738. The minimum Gasteiger partial charge on any atom is -0.497 e. The molecule has 0 saturated heterocycles. The van der Waals surface area contributed by atoms with E-state index in [1.807, 2.05) is 0 Å². The highest BCUT2D eigenvalue weighted by atomic mass is 35.5. The summed E-state index contributed by atoms with van der Waals surface area (Å²) in [5.41, 5.74) is 0.360. The number of alkyl halides is 1. The smallest absolute Gasteiger partial charge is 0.131 e. The van der Waals surface area contributed by atoms with Gasteiger partial charge in [0.15, 0.2) is 0 Å². The lowest BCUT2D eigenvalue weighted by molar-refractivity contribution is 0.410. The van der Waals surface area contributed by atoms with Gasteiger partial charge in [-0.1, -0.05) is 23.7 Å². The number of benzene rings is 2. The third-order valence-electron chi connectivity index (χ3n) is 2.72. The van der Waals surface area contributed by atoms with Crippen molar-refractivity contribution in [3.8, 4) is 5.75 Å². The van der Waals surface area contributed by atoms with E-state index >= 15 is 0 Å². The molecule has 0 aliphatic carbocycles. The molecule has 2 aromatic carbocycles. The zero-order valence-corrected chi connectivity index (χ0v) is 11.5. The Morgan fingerprint density at radius 1 is 1.00 bits per heavy atom. The topological polar surface area (TPSA) is 9.23 Å². The van der Waals surface area contributed by atoms with E-state index in [0.717, 1.165) is 6.07 Å². The van der Waals surface area contributed by atoms with Crippen molar-refractivity contribution in [1.29, 1.82) is 0 Å². The predicted octanol–water partition coefficient (Wildman–Crippen LogP) is 4.96. The van der Waals surface area contributed by atoms with Gasteiger partial charge < -0.3 is 4.74 Å². The van der Waals surface area contributed by atoms with E-state index in [1.54, 1.807) is 6.07 Å². The van der Waals surface area contributed by atoms with Crippen molar-refractivity contribution >= 4 is 23.2 Å². The molecule has 0 N–H and O–H groups in total. The van der Waals surface area contributed by atoms with Crippen molar-refractivity contribution in [3.05, 3.63) is 64.2 Å². The summed E-state index contributed by atoms with van der Waals surface area (Å²) >= 11 is 11.8.